The van der Waals surface area contributed by atoms with Crippen molar-refractivity contribution in [3.63, 3.8) is 0 Å². The van der Waals surface area contributed by atoms with Gasteiger partial charge in [-0.15, -0.1) is 0 Å². The minimum Gasteiger partial charge on any atom is -0.489 e. The Morgan fingerprint density at radius 3 is 2.57 bits per heavy atom. The molecule has 2 aliphatic heterocycles. The molecule has 0 spiro atoms. The van der Waals surface area contributed by atoms with Crippen LogP contribution in [0.25, 0.3) is 0 Å². The molecule has 2 aromatic rings. The summed E-state index contributed by atoms with van der Waals surface area (Å²) in [5.41, 5.74) is 2.16. The molecule has 1 fully saturated rings. The van der Waals surface area contributed by atoms with Crippen LogP contribution in [0.2, 0.25) is 0 Å². The molecule has 160 valence electrons. The average molecular weight is 409 g/mol. The van der Waals surface area contributed by atoms with Gasteiger partial charge in [-0.25, -0.2) is 0 Å². The van der Waals surface area contributed by atoms with E-state index in [0.717, 1.165) is 56.9 Å². The molecule has 1 saturated heterocycles. The molecule has 1 amide bonds. The maximum Gasteiger partial charge on any atom is 0.223 e. The van der Waals surface area contributed by atoms with Crippen LogP contribution >= 0.6 is 0 Å². The molecule has 5 heteroatoms. The fraction of sp³-hybridized carbons (Fsp3) is 0.480. The zero-order valence-electron chi connectivity index (χ0n) is 17.7. The molecule has 2 aliphatic rings. The van der Waals surface area contributed by atoms with Crippen molar-refractivity contribution >= 4 is 5.91 Å². The van der Waals surface area contributed by atoms with Gasteiger partial charge in [0, 0.05) is 44.7 Å². The average Bonchev–Trinajstić information content (AvgIpc) is 2.95. The quantitative estimate of drug-likeness (QED) is 0.821. The normalized spacial score (nSPS) is 21.4. The molecule has 0 bridgehead atoms. The van der Waals surface area contributed by atoms with E-state index in [-0.39, 0.29) is 17.9 Å². The zero-order chi connectivity index (χ0) is 20.9. The minimum atomic E-state index is -0.442. The summed E-state index contributed by atoms with van der Waals surface area (Å²) in [7, 11) is 0. The van der Waals surface area contributed by atoms with E-state index < -0.39 is 6.10 Å². The lowest BCUT2D eigenvalue weighted by molar-refractivity contribution is -0.133. The number of aliphatic hydroxyl groups excluding tert-OH is 1. The van der Waals surface area contributed by atoms with Crippen LogP contribution in [0, 0.1) is 5.92 Å². The van der Waals surface area contributed by atoms with Crippen molar-refractivity contribution in [2.75, 3.05) is 26.2 Å². The van der Waals surface area contributed by atoms with Gasteiger partial charge in [0.25, 0.3) is 0 Å². The Balaban J connectivity index is 1.26. The predicted octanol–water partition coefficient (Wildman–Crippen LogP) is 3.63. The molecule has 0 radical (unpaired) electrons. The van der Waals surface area contributed by atoms with E-state index in [1.54, 1.807) is 0 Å². The van der Waals surface area contributed by atoms with Crippen LogP contribution in [0.1, 0.15) is 43.4 Å². The summed E-state index contributed by atoms with van der Waals surface area (Å²) in [6.45, 7) is 5.94. The van der Waals surface area contributed by atoms with E-state index >= 15 is 0 Å². The van der Waals surface area contributed by atoms with Gasteiger partial charge in [0.05, 0.1) is 6.10 Å². The Morgan fingerprint density at radius 1 is 1.10 bits per heavy atom. The van der Waals surface area contributed by atoms with Crippen LogP contribution in [0.4, 0.5) is 0 Å². The zero-order valence-corrected chi connectivity index (χ0v) is 17.7. The van der Waals surface area contributed by atoms with Crippen molar-refractivity contribution in [1.82, 2.24) is 9.80 Å². The Bertz CT molecular complexity index is 833. The van der Waals surface area contributed by atoms with E-state index in [1.165, 1.54) is 5.56 Å². The number of rotatable bonds is 5. The second-order valence-corrected chi connectivity index (χ2v) is 8.60. The Labute approximate surface area is 179 Å². The third-order valence-corrected chi connectivity index (χ3v) is 6.33. The van der Waals surface area contributed by atoms with Crippen molar-refractivity contribution in [2.45, 2.75) is 44.9 Å². The van der Waals surface area contributed by atoms with Crippen LogP contribution in [-0.4, -0.2) is 53.1 Å². The summed E-state index contributed by atoms with van der Waals surface area (Å²) in [6.07, 6.45) is 1.90. The summed E-state index contributed by atoms with van der Waals surface area (Å²) in [5, 5.41) is 10.7. The minimum absolute atomic E-state index is 0.110. The van der Waals surface area contributed by atoms with E-state index in [4.69, 9.17) is 4.74 Å². The molecular formula is C25H32N2O3. The molecular weight excluding hydrogens is 376 g/mol. The van der Waals surface area contributed by atoms with Gasteiger partial charge < -0.3 is 14.7 Å². The summed E-state index contributed by atoms with van der Waals surface area (Å²) < 4.78 is 6.02. The number of carbonyl (C=O) groups excluding carboxylic acids is 1. The van der Waals surface area contributed by atoms with E-state index in [0.29, 0.717) is 6.42 Å². The number of hydrogen-bond donors (Lipinski definition) is 1. The number of para-hydroxylation sites is 1. The highest BCUT2D eigenvalue weighted by Gasteiger charge is 2.28. The number of fused-ring (bicyclic) bond motifs is 1. The van der Waals surface area contributed by atoms with Crippen molar-refractivity contribution in [1.29, 1.82) is 0 Å². The highest BCUT2D eigenvalue weighted by Crippen LogP contribution is 2.31. The van der Waals surface area contributed by atoms with Crippen molar-refractivity contribution in [2.24, 2.45) is 5.92 Å². The van der Waals surface area contributed by atoms with Gasteiger partial charge in [-0.3, -0.25) is 9.69 Å². The Hall–Kier alpha value is -2.37. The molecule has 0 saturated carbocycles. The van der Waals surface area contributed by atoms with Gasteiger partial charge in [-0.2, -0.15) is 0 Å². The monoisotopic (exact) mass is 408 g/mol. The molecule has 30 heavy (non-hydrogen) atoms. The number of nitrogens with zero attached hydrogens (tertiary/aromatic N) is 2. The van der Waals surface area contributed by atoms with Gasteiger partial charge in [-0.05, 0) is 37.3 Å². The number of hydrogen-bond acceptors (Lipinski definition) is 4. The molecule has 0 aliphatic carbocycles. The molecule has 2 unspecified atom stereocenters. The highest BCUT2D eigenvalue weighted by atomic mass is 16.5. The molecule has 4 rings (SSSR count). The van der Waals surface area contributed by atoms with Crippen LogP contribution < -0.4 is 4.74 Å². The lowest BCUT2D eigenvalue weighted by Crippen LogP contribution is -2.41. The fourth-order valence-corrected chi connectivity index (χ4v) is 4.64. The lowest BCUT2D eigenvalue weighted by Gasteiger charge is -2.35. The summed E-state index contributed by atoms with van der Waals surface area (Å²) in [4.78, 5) is 17.1. The van der Waals surface area contributed by atoms with Crippen molar-refractivity contribution in [3.8, 4) is 5.75 Å². The molecule has 2 aromatic carbocycles. The van der Waals surface area contributed by atoms with E-state index in [1.807, 2.05) is 53.4 Å². The fourth-order valence-electron chi connectivity index (χ4n) is 4.64. The molecule has 1 N–H and O–H groups in total. The summed E-state index contributed by atoms with van der Waals surface area (Å²) in [5.74, 6) is 1.39. The topological polar surface area (TPSA) is 53.0 Å². The highest BCUT2D eigenvalue weighted by molar-refractivity contribution is 5.76. The number of piperidine rings is 1. The van der Waals surface area contributed by atoms with Crippen molar-refractivity contribution in [3.05, 3.63) is 65.7 Å². The van der Waals surface area contributed by atoms with Gasteiger partial charge in [0.15, 0.2) is 0 Å². The largest absolute Gasteiger partial charge is 0.489 e. The maximum atomic E-state index is 12.8. The molecule has 5 nitrogen and oxygen atoms in total. The van der Waals surface area contributed by atoms with Gasteiger partial charge in [0.1, 0.15) is 11.9 Å². The second kappa shape index (κ2) is 9.63. The Kier molecular flexibility index (Phi) is 6.70. The number of carbonyl (C=O) groups is 1. The van der Waals surface area contributed by atoms with E-state index in [9.17, 15) is 9.90 Å². The first-order valence-corrected chi connectivity index (χ1v) is 11.1. The standard InChI is InChI=1S/C25H32N2O3/c1-19-17-26(18-22-9-5-6-10-23(22)30-19)14-13-24(28)27-15-11-21(12-16-27)25(29)20-7-3-2-4-8-20/h2-10,19,21,25,29H,11-18H2,1H3. The number of amides is 1. The maximum absolute atomic E-state index is 12.8. The van der Waals surface area contributed by atoms with Crippen molar-refractivity contribution < 1.29 is 14.6 Å². The first kappa shape index (κ1) is 20.9. The third kappa shape index (κ3) is 5.02. The summed E-state index contributed by atoms with van der Waals surface area (Å²) in [6, 6.07) is 18.0. The third-order valence-electron chi connectivity index (χ3n) is 6.33. The van der Waals surface area contributed by atoms with E-state index in [2.05, 4.69) is 17.9 Å². The number of ether oxygens (including phenoxy) is 1. The van der Waals surface area contributed by atoms with Crippen LogP contribution in [0.3, 0.4) is 0 Å². The van der Waals surface area contributed by atoms with Crippen LogP contribution in [0.15, 0.2) is 54.6 Å². The number of benzene rings is 2. The van der Waals surface area contributed by atoms with Gasteiger partial charge >= 0.3 is 0 Å². The SMILES string of the molecule is CC1CN(CCC(=O)N2CCC(C(O)c3ccccc3)CC2)Cc2ccccc2O1. The smallest absolute Gasteiger partial charge is 0.223 e. The van der Waals surface area contributed by atoms with Gasteiger partial charge in [0.2, 0.25) is 5.91 Å². The first-order chi connectivity index (χ1) is 14.6. The number of likely N-dealkylation sites (tertiary alicyclic amines) is 1. The first-order valence-electron chi connectivity index (χ1n) is 11.1. The van der Waals surface area contributed by atoms with Crippen LogP contribution in [-0.2, 0) is 11.3 Å². The predicted molar refractivity (Wildman–Crippen MR) is 117 cm³/mol. The lowest BCUT2D eigenvalue weighted by atomic mass is 9.87. The molecule has 0 aromatic heterocycles. The number of aliphatic hydroxyl groups is 1. The summed E-state index contributed by atoms with van der Waals surface area (Å²) >= 11 is 0. The second-order valence-electron chi connectivity index (χ2n) is 8.60. The van der Waals surface area contributed by atoms with Crippen LogP contribution in [0.5, 0.6) is 5.75 Å². The van der Waals surface area contributed by atoms with Gasteiger partial charge in [-0.1, -0.05) is 48.5 Å². The Morgan fingerprint density at radius 2 is 1.80 bits per heavy atom. The molecule has 2 heterocycles. The molecule has 2 atom stereocenters.